The molecule has 1 aliphatic heterocycles. The molecule has 4 nitrogen and oxygen atoms in total. The van der Waals surface area contributed by atoms with Crippen LogP contribution in [0.15, 0.2) is 53.7 Å². The molecule has 0 atom stereocenters. The van der Waals surface area contributed by atoms with E-state index in [1.165, 1.54) is 5.56 Å². The smallest absolute Gasteiger partial charge is 0.232 e. The zero-order chi connectivity index (χ0) is 16.8. The molecular weight excluding hydrogens is 320 g/mol. The number of carbonyl (C=O) groups is 1. The van der Waals surface area contributed by atoms with Gasteiger partial charge in [0.25, 0.3) is 0 Å². The largest absolute Gasteiger partial charge is 0.490 e. The van der Waals surface area contributed by atoms with E-state index in [1.54, 1.807) is 24.2 Å². The number of amides is 1. The Balaban J connectivity index is 1.42. The number of piperidine rings is 1. The number of likely N-dealkylation sites (tertiary alicyclic amines) is 1. The van der Waals surface area contributed by atoms with Crippen molar-refractivity contribution in [3.8, 4) is 5.75 Å². The van der Waals surface area contributed by atoms with E-state index in [-0.39, 0.29) is 12.0 Å². The van der Waals surface area contributed by atoms with Crippen LogP contribution in [-0.2, 0) is 4.79 Å². The minimum absolute atomic E-state index is 0.199. The summed E-state index contributed by atoms with van der Waals surface area (Å²) in [5.41, 5.74) is 1.23. The topological polar surface area (TPSA) is 42.4 Å². The molecule has 2 heterocycles. The molecule has 1 aromatic heterocycles. The van der Waals surface area contributed by atoms with Crippen molar-refractivity contribution in [2.24, 2.45) is 0 Å². The summed E-state index contributed by atoms with van der Waals surface area (Å²) in [6, 6.07) is 12.0. The highest BCUT2D eigenvalue weighted by atomic mass is 32.2. The van der Waals surface area contributed by atoms with E-state index in [0.717, 1.165) is 36.6 Å². The lowest BCUT2D eigenvalue weighted by Crippen LogP contribution is -2.42. The van der Waals surface area contributed by atoms with E-state index in [0.29, 0.717) is 5.75 Å². The lowest BCUT2D eigenvalue weighted by molar-refractivity contribution is -0.130. The fraction of sp³-hybridized carbons (Fsp3) is 0.368. The molecule has 1 amide bonds. The molecule has 3 rings (SSSR count). The molecule has 5 heteroatoms. The molecule has 1 saturated heterocycles. The third kappa shape index (κ3) is 4.74. The molecule has 0 bridgehead atoms. The number of hydrogen-bond donors (Lipinski definition) is 0. The van der Waals surface area contributed by atoms with Crippen LogP contribution in [0, 0.1) is 6.92 Å². The fourth-order valence-electron chi connectivity index (χ4n) is 2.70. The number of pyridine rings is 1. The predicted molar refractivity (Wildman–Crippen MR) is 96.4 cm³/mol. The molecule has 0 unspecified atom stereocenters. The Bertz CT molecular complexity index is 653. The van der Waals surface area contributed by atoms with E-state index >= 15 is 0 Å². The van der Waals surface area contributed by atoms with Crippen LogP contribution in [-0.4, -0.2) is 40.7 Å². The first-order chi connectivity index (χ1) is 11.7. The van der Waals surface area contributed by atoms with Gasteiger partial charge in [0.2, 0.25) is 5.91 Å². The third-order valence-corrected chi connectivity index (χ3v) is 5.13. The normalized spacial score (nSPS) is 15.3. The highest BCUT2D eigenvalue weighted by Crippen LogP contribution is 2.21. The molecule has 0 aliphatic carbocycles. The molecule has 0 radical (unpaired) electrons. The molecule has 1 aromatic carbocycles. The second kappa shape index (κ2) is 8.20. The van der Waals surface area contributed by atoms with E-state index in [9.17, 15) is 4.79 Å². The van der Waals surface area contributed by atoms with Gasteiger partial charge in [0, 0.05) is 43.2 Å². The maximum Gasteiger partial charge on any atom is 0.232 e. The van der Waals surface area contributed by atoms with Gasteiger partial charge in [-0.3, -0.25) is 9.78 Å². The molecule has 0 N–H and O–H groups in total. The van der Waals surface area contributed by atoms with Gasteiger partial charge >= 0.3 is 0 Å². The van der Waals surface area contributed by atoms with Crippen molar-refractivity contribution in [2.45, 2.75) is 30.8 Å². The molecule has 126 valence electrons. The summed E-state index contributed by atoms with van der Waals surface area (Å²) in [7, 11) is 0. The van der Waals surface area contributed by atoms with E-state index < -0.39 is 0 Å². The number of thioether (sulfide) groups is 1. The maximum absolute atomic E-state index is 12.3. The molecule has 24 heavy (non-hydrogen) atoms. The minimum atomic E-state index is 0.199. The second-order valence-electron chi connectivity index (χ2n) is 5.98. The van der Waals surface area contributed by atoms with E-state index in [2.05, 4.69) is 24.0 Å². The van der Waals surface area contributed by atoms with Crippen LogP contribution in [0.5, 0.6) is 5.75 Å². The van der Waals surface area contributed by atoms with E-state index in [4.69, 9.17) is 4.74 Å². The van der Waals surface area contributed by atoms with Gasteiger partial charge in [-0.15, -0.1) is 11.8 Å². The number of aromatic nitrogens is 1. The molecule has 0 spiro atoms. The summed E-state index contributed by atoms with van der Waals surface area (Å²) >= 11 is 1.56. The van der Waals surface area contributed by atoms with Crippen LogP contribution in [0.1, 0.15) is 18.4 Å². The van der Waals surface area contributed by atoms with Crippen molar-refractivity contribution in [3.05, 3.63) is 54.4 Å². The molecule has 1 aliphatic rings. The highest BCUT2D eigenvalue weighted by molar-refractivity contribution is 8.00. The van der Waals surface area contributed by atoms with Crippen LogP contribution in [0.25, 0.3) is 0 Å². The number of rotatable bonds is 5. The van der Waals surface area contributed by atoms with Crippen LogP contribution in [0.3, 0.4) is 0 Å². The monoisotopic (exact) mass is 342 g/mol. The highest BCUT2D eigenvalue weighted by Gasteiger charge is 2.23. The Morgan fingerprint density at radius 2 is 1.83 bits per heavy atom. The van der Waals surface area contributed by atoms with Crippen LogP contribution >= 0.6 is 11.8 Å². The first-order valence-corrected chi connectivity index (χ1v) is 9.23. The Labute approximate surface area is 147 Å². The summed E-state index contributed by atoms with van der Waals surface area (Å²) in [4.78, 5) is 19.3. The number of nitrogens with zero attached hydrogens (tertiary/aromatic N) is 2. The first-order valence-electron chi connectivity index (χ1n) is 8.24. The first kappa shape index (κ1) is 16.8. The average molecular weight is 342 g/mol. The Kier molecular flexibility index (Phi) is 5.75. The summed E-state index contributed by atoms with van der Waals surface area (Å²) in [6.45, 7) is 3.61. The Hall–Kier alpha value is -2.01. The summed E-state index contributed by atoms with van der Waals surface area (Å²) in [5, 5.41) is 0. The number of carbonyl (C=O) groups excluding carboxylic acids is 1. The predicted octanol–water partition coefficient (Wildman–Crippen LogP) is 3.55. The molecular formula is C19H22N2O2S. The van der Waals surface area contributed by atoms with Gasteiger partial charge in [-0.05, 0) is 31.2 Å². The Morgan fingerprint density at radius 3 is 2.50 bits per heavy atom. The van der Waals surface area contributed by atoms with Crippen LogP contribution in [0.4, 0.5) is 0 Å². The number of hydrogen-bond acceptors (Lipinski definition) is 4. The maximum atomic E-state index is 12.3. The molecule has 1 fully saturated rings. The Morgan fingerprint density at radius 1 is 1.17 bits per heavy atom. The number of ether oxygens (including phenoxy) is 1. The molecule has 2 aromatic rings. The zero-order valence-electron chi connectivity index (χ0n) is 13.9. The van der Waals surface area contributed by atoms with Gasteiger partial charge in [-0.2, -0.15) is 0 Å². The van der Waals surface area contributed by atoms with Crippen LogP contribution < -0.4 is 4.74 Å². The van der Waals surface area contributed by atoms with E-state index in [1.807, 2.05) is 29.2 Å². The SMILES string of the molecule is Cc1ccc(OC2CCN(C(=O)CSc3ccncc3)CC2)cc1. The zero-order valence-corrected chi connectivity index (χ0v) is 14.7. The van der Waals surface area contributed by atoms with Crippen molar-refractivity contribution in [2.75, 3.05) is 18.8 Å². The van der Waals surface area contributed by atoms with Crippen molar-refractivity contribution < 1.29 is 9.53 Å². The quantitative estimate of drug-likeness (QED) is 0.779. The number of aryl methyl sites for hydroxylation is 1. The molecule has 0 saturated carbocycles. The lowest BCUT2D eigenvalue weighted by atomic mass is 10.1. The van der Waals surface area contributed by atoms with Gasteiger partial charge in [0.1, 0.15) is 11.9 Å². The van der Waals surface area contributed by atoms with Crippen molar-refractivity contribution >= 4 is 17.7 Å². The summed E-state index contributed by atoms with van der Waals surface area (Å²) < 4.78 is 6.02. The third-order valence-electron chi connectivity index (χ3n) is 4.13. The van der Waals surface area contributed by atoms with Crippen molar-refractivity contribution in [3.63, 3.8) is 0 Å². The van der Waals surface area contributed by atoms with Gasteiger partial charge in [-0.1, -0.05) is 17.7 Å². The van der Waals surface area contributed by atoms with Gasteiger partial charge in [0.15, 0.2) is 0 Å². The summed E-state index contributed by atoms with van der Waals surface area (Å²) in [6.07, 6.45) is 5.48. The fourth-order valence-corrected chi connectivity index (χ4v) is 3.49. The number of benzene rings is 1. The summed E-state index contributed by atoms with van der Waals surface area (Å²) in [5.74, 6) is 1.59. The minimum Gasteiger partial charge on any atom is -0.490 e. The average Bonchev–Trinajstić information content (AvgIpc) is 2.63. The van der Waals surface area contributed by atoms with Crippen LogP contribution in [0.2, 0.25) is 0 Å². The van der Waals surface area contributed by atoms with Gasteiger partial charge < -0.3 is 9.64 Å². The second-order valence-corrected chi connectivity index (χ2v) is 7.03. The standard InChI is InChI=1S/C19H22N2O2S/c1-15-2-4-16(5-3-15)23-17-8-12-21(13-9-17)19(22)14-24-18-6-10-20-11-7-18/h2-7,10-11,17H,8-9,12-14H2,1H3. The van der Waals surface area contributed by atoms with Gasteiger partial charge in [-0.25, -0.2) is 0 Å². The van der Waals surface area contributed by atoms with Crippen molar-refractivity contribution in [1.29, 1.82) is 0 Å². The van der Waals surface area contributed by atoms with Gasteiger partial charge in [0.05, 0.1) is 5.75 Å². The van der Waals surface area contributed by atoms with Crippen molar-refractivity contribution in [1.82, 2.24) is 9.88 Å². The lowest BCUT2D eigenvalue weighted by Gasteiger charge is -2.32.